The van der Waals surface area contributed by atoms with E-state index in [0.29, 0.717) is 19.4 Å². The molecule has 0 rings (SSSR count). The lowest BCUT2D eigenvalue weighted by molar-refractivity contribution is -0.143. The molecule has 2 unspecified atom stereocenters. The number of amides is 1. The molecule has 0 aromatic rings. The smallest absolute Gasteiger partial charge is 0.305 e. The van der Waals surface area contributed by atoms with Gasteiger partial charge in [-0.1, -0.05) is 243 Å². The first kappa shape index (κ1) is 63.1. The van der Waals surface area contributed by atoms with Gasteiger partial charge in [0.25, 0.3) is 0 Å². The minimum absolute atomic E-state index is 0.00272. The van der Waals surface area contributed by atoms with Crippen molar-refractivity contribution >= 4 is 11.9 Å². The first-order valence-corrected chi connectivity index (χ1v) is 28.8. The number of rotatable bonds is 53. The van der Waals surface area contributed by atoms with E-state index in [1.54, 1.807) is 6.08 Å². The summed E-state index contributed by atoms with van der Waals surface area (Å²) in [4.78, 5) is 24.5. The Morgan fingerprint density at radius 1 is 0.415 bits per heavy atom. The molecule has 3 N–H and O–H groups in total. The van der Waals surface area contributed by atoms with Crippen molar-refractivity contribution in [1.82, 2.24) is 5.32 Å². The second-order valence-corrected chi connectivity index (χ2v) is 19.6. The van der Waals surface area contributed by atoms with Gasteiger partial charge in [0.2, 0.25) is 5.91 Å². The van der Waals surface area contributed by atoms with Gasteiger partial charge in [-0.15, -0.1) is 0 Å². The Morgan fingerprint density at radius 2 is 0.723 bits per heavy atom. The van der Waals surface area contributed by atoms with Crippen molar-refractivity contribution in [1.29, 1.82) is 0 Å². The number of aliphatic hydroxyl groups is 2. The molecule has 6 heteroatoms. The van der Waals surface area contributed by atoms with E-state index < -0.39 is 12.1 Å². The molecule has 382 valence electrons. The van der Waals surface area contributed by atoms with Crippen LogP contribution < -0.4 is 5.32 Å². The molecule has 0 aromatic carbocycles. The molecule has 6 nitrogen and oxygen atoms in total. The second-order valence-electron chi connectivity index (χ2n) is 19.6. The molecule has 65 heavy (non-hydrogen) atoms. The zero-order valence-corrected chi connectivity index (χ0v) is 43.5. The number of carbonyl (C=O) groups excluding carboxylic acids is 2. The number of nitrogens with one attached hydrogen (secondary N) is 1. The molecule has 0 aliphatic rings. The number of ether oxygens (including phenoxy) is 1. The van der Waals surface area contributed by atoms with E-state index in [1.165, 1.54) is 225 Å². The van der Waals surface area contributed by atoms with Gasteiger partial charge in [-0.25, -0.2) is 0 Å². The summed E-state index contributed by atoms with van der Waals surface area (Å²) in [6, 6.07) is -0.634. The van der Waals surface area contributed by atoms with Gasteiger partial charge >= 0.3 is 5.97 Å². The van der Waals surface area contributed by atoms with Gasteiger partial charge in [0.15, 0.2) is 0 Å². The molecule has 0 saturated heterocycles. The summed E-state index contributed by atoms with van der Waals surface area (Å²) in [5, 5.41) is 23.0. The lowest BCUT2D eigenvalue weighted by atomic mass is 10.0. The van der Waals surface area contributed by atoms with Crippen molar-refractivity contribution in [3.05, 3.63) is 36.5 Å². The summed E-state index contributed by atoms with van der Waals surface area (Å²) in [6.07, 6.45) is 67.3. The lowest BCUT2D eigenvalue weighted by Crippen LogP contribution is -2.45. The number of hydrogen-bond donors (Lipinski definition) is 3. The molecule has 2 atom stereocenters. The quantitative estimate of drug-likeness (QED) is 0.0321. The van der Waals surface area contributed by atoms with Crippen LogP contribution in [0.1, 0.15) is 303 Å². The fraction of sp³-hybridized carbons (Fsp3) is 0.864. The Bertz CT molecular complexity index is 1060. The van der Waals surface area contributed by atoms with Crippen LogP contribution in [-0.2, 0) is 14.3 Å². The van der Waals surface area contributed by atoms with E-state index in [1.807, 2.05) is 6.08 Å². The van der Waals surface area contributed by atoms with E-state index in [2.05, 4.69) is 43.5 Å². The monoisotopic (exact) mass is 914 g/mol. The minimum atomic E-state index is -0.849. The first-order valence-electron chi connectivity index (χ1n) is 28.8. The number of carbonyl (C=O) groups is 2. The summed E-state index contributed by atoms with van der Waals surface area (Å²) >= 11 is 0. The number of aliphatic hydroxyl groups excluding tert-OH is 2. The number of allylic oxidation sites excluding steroid dienone is 5. The van der Waals surface area contributed by atoms with Crippen LogP contribution in [0.15, 0.2) is 36.5 Å². The van der Waals surface area contributed by atoms with Crippen molar-refractivity contribution in [2.75, 3.05) is 13.2 Å². The second kappa shape index (κ2) is 54.7. The summed E-state index contributed by atoms with van der Waals surface area (Å²) in [6.45, 7) is 4.88. The zero-order chi connectivity index (χ0) is 47.2. The van der Waals surface area contributed by atoms with Crippen LogP contribution in [0, 0.1) is 0 Å². The normalized spacial score (nSPS) is 12.9. The number of unbranched alkanes of at least 4 members (excludes halogenated alkanes) is 38. The molecule has 1 amide bonds. The van der Waals surface area contributed by atoms with Crippen LogP contribution in [0.4, 0.5) is 0 Å². The molecule has 0 aliphatic heterocycles. The zero-order valence-electron chi connectivity index (χ0n) is 43.5. The van der Waals surface area contributed by atoms with Gasteiger partial charge in [0.05, 0.1) is 25.4 Å². The van der Waals surface area contributed by atoms with E-state index in [4.69, 9.17) is 4.74 Å². The maximum Gasteiger partial charge on any atom is 0.305 e. The Hall–Kier alpha value is -1.92. The largest absolute Gasteiger partial charge is 0.466 e. The molecule has 0 spiro atoms. The van der Waals surface area contributed by atoms with Gasteiger partial charge in [-0.3, -0.25) is 9.59 Å². The van der Waals surface area contributed by atoms with Crippen molar-refractivity contribution in [2.24, 2.45) is 0 Å². The third kappa shape index (κ3) is 51.3. The number of esters is 1. The highest BCUT2D eigenvalue weighted by molar-refractivity contribution is 5.76. The molecular weight excluding hydrogens is 803 g/mol. The van der Waals surface area contributed by atoms with E-state index in [9.17, 15) is 19.8 Å². The van der Waals surface area contributed by atoms with Crippen molar-refractivity contribution in [3.63, 3.8) is 0 Å². The summed E-state index contributed by atoms with van der Waals surface area (Å²) < 4.78 is 5.47. The van der Waals surface area contributed by atoms with Crippen LogP contribution in [0.3, 0.4) is 0 Å². The Morgan fingerprint density at radius 3 is 1.09 bits per heavy atom. The van der Waals surface area contributed by atoms with E-state index in [0.717, 1.165) is 51.4 Å². The highest BCUT2D eigenvalue weighted by Gasteiger charge is 2.18. The SMILES string of the molecule is CCCCCCCC/C=C\CCCCCCCC(=O)OCCCCCCCCCCC/C=C\CCCCCCCCCC(=O)NC(CO)C(O)/C=C/CCCCCCCCCCCCC. The Balaban J connectivity index is 3.45. The highest BCUT2D eigenvalue weighted by atomic mass is 16.5. The van der Waals surface area contributed by atoms with Crippen molar-refractivity contribution in [3.8, 4) is 0 Å². The van der Waals surface area contributed by atoms with Gasteiger partial charge in [-0.05, 0) is 83.5 Å². The molecule has 0 fully saturated rings. The average molecular weight is 915 g/mol. The summed E-state index contributed by atoms with van der Waals surface area (Å²) in [7, 11) is 0. The van der Waals surface area contributed by atoms with Gasteiger partial charge in [-0.2, -0.15) is 0 Å². The molecule has 0 saturated carbocycles. The minimum Gasteiger partial charge on any atom is -0.466 e. The standard InChI is InChI=1S/C59H111NO5/c1-3-5-7-9-11-13-15-17-24-29-33-37-41-45-49-53-59(64)65-54-50-46-42-38-34-30-26-23-21-19-18-20-22-25-28-32-36-40-44-48-52-58(63)60-56(55-61)57(62)51-47-43-39-35-31-27-16-14-12-10-8-6-4-2/h17-18,20,24,47,51,56-57,61-62H,3-16,19,21-23,25-46,48-50,52-55H2,1-2H3,(H,60,63)/b20-18-,24-17-,51-47+. The third-order valence-electron chi connectivity index (χ3n) is 13.1. The van der Waals surface area contributed by atoms with Gasteiger partial charge < -0.3 is 20.3 Å². The fourth-order valence-electron chi connectivity index (χ4n) is 8.68. The predicted molar refractivity (Wildman–Crippen MR) is 283 cm³/mol. The molecule has 0 aromatic heterocycles. The maximum atomic E-state index is 12.4. The first-order chi connectivity index (χ1) is 32.0. The average Bonchev–Trinajstić information content (AvgIpc) is 3.31. The lowest BCUT2D eigenvalue weighted by Gasteiger charge is -2.20. The Labute approximate surface area is 404 Å². The number of hydrogen-bond acceptors (Lipinski definition) is 5. The van der Waals surface area contributed by atoms with Crippen LogP contribution in [-0.4, -0.2) is 47.4 Å². The van der Waals surface area contributed by atoms with Crippen LogP contribution >= 0.6 is 0 Å². The molecule has 0 radical (unpaired) electrons. The fourth-order valence-corrected chi connectivity index (χ4v) is 8.68. The van der Waals surface area contributed by atoms with Crippen molar-refractivity contribution in [2.45, 2.75) is 315 Å². The van der Waals surface area contributed by atoms with E-state index >= 15 is 0 Å². The summed E-state index contributed by atoms with van der Waals surface area (Å²) in [5.74, 6) is -0.0799. The summed E-state index contributed by atoms with van der Waals surface area (Å²) in [5.41, 5.74) is 0. The van der Waals surface area contributed by atoms with Crippen LogP contribution in [0.5, 0.6) is 0 Å². The van der Waals surface area contributed by atoms with Crippen molar-refractivity contribution < 1.29 is 24.5 Å². The molecule has 0 heterocycles. The predicted octanol–water partition coefficient (Wildman–Crippen LogP) is 17.6. The highest BCUT2D eigenvalue weighted by Crippen LogP contribution is 2.16. The van der Waals surface area contributed by atoms with Gasteiger partial charge in [0.1, 0.15) is 0 Å². The van der Waals surface area contributed by atoms with E-state index in [-0.39, 0.29) is 18.5 Å². The molecule has 0 aliphatic carbocycles. The topological polar surface area (TPSA) is 95.9 Å². The maximum absolute atomic E-state index is 12.4. The molecule has 0 bridgehead atoms. The van der Waals surface area contributed by atoms with Gasteiger partial charge in [0, 0.05) is 12.8 Å². The third-order valence-corrected chi connectivity index (χ3v) is 13.1. The van der Waals surface area contributed by atoms with Crippen LogP contribution in [0.2, 0.25) is 0 Å². The van der Waals surface area contributed by atoms with Crippen LogP contribution in [0.25, 0.3) is 0 Å². The molecular formula is C59H111NO5. The Kier molecular flexibility index (Phi) is 53.1.